The quantitative estimate of drug-likeness (QED) is 0.327. The number of piperidine rings is 1. The first-order valence-electron chi connectivity index (χ1n) is 12.1. The maximum absolute atomic E-state index is 13.6. The molecule has 0 bridgehead atoms. The lowest BCUT2D eigenvalue weighted by molar-refractivity contribution is -0.140. The maximum Gasteiger partial charge on any atom is 0.516 e. The molecule has 4 rings (SSSR count). The number of halogens is 7. The fourth-order valence-corrected chi connectivity index (χ4v) is 5.18. The van der Waals surface area contributed by atoms with Crippen LogP contribution >= 0.6 is 11.6 Å². The van der Waals surface area contributed by atoms with Gasteiger partial charge < -0.3 is 15.5 Å². The third kappa shape index (κ3) is 7.15. The van der Waals surface area contributed by atoms with Gasteiger partial charge in [-0.2, -0.15) is 34.8 Å². The normalized spacial score (nSPS) is 18.0. The zero-order valence-electron chi connectivity index (χ0n) is 21.5. The van der Waals surface area contributed by atoms with Crippen LogP contribution in [-0.2, 0) is 21.0 Å². The summed E-state index contributed by atoms with van der Waals surface area (Å²) in [6.45, 7) is 1.40. The van der Waals surface area contributed by atoms with Crippen molar-refractivity contribution in [2.75, 3.05) is 23.1 Å². The number of rotatable bonds is 6. The van der Waals surface area contributed by atoms with Gasteiger partial charge in [0.05, 0.1) is 5.52 Å². The Balaban J connectivity index is 1.57. The minimum atomic E-state index is -5.72. The number of amides is 2. The number of aromatic nitrogens is 1. The molecule has 2 atom stereocenters. The van der Waals surface area contributed by atoms with Crippen LogP contribution in [0, 0.1) is 0 Å². The lowest BCUT2D eigenvalue weighted by Gasteiger charge is -2.38. The molecule has 2 heterocycles. The van der Waals surface area contributed by atoms with Crippen LogP contribution in [0.3, 0.4) is 0 Å². The fraction of sp³-hybridized carbons (Fsp3) is 0.320. The van der Waals surface area contributed by atoms with Crippen LogP contribution in [0.4, 0.5) is 37.7 Å². The lowest BCUT2D eigenvalue weighted by atomic mass is 9.99. The Kier molecular flexibility index (Phi) is 8.51. The van der Waals surface area contributed by atoms with Crippen molar-refractivity contribution >= 4 is 55.7 Å². The summed E-state index contributed by atoms with van der Waals surface area (Å²) in [7, 11) is -5.72. The number of anilines is 2. The van der Waals surface area contributed by atoms with E-state index in [1.165, 1.54) is 46.9 Å². The van der Waals surface area contributed by atoms with Crippen LogP contribution in [0.15, 0.2) is 48.5 Å². The highest BCUT2D eigenvalue weighted by Crippen LogP contribution is 2.35. The summed E-state index contributed by atoms with van der Waals surface area (Å²) in [5, 5.41) is 6.22. The van der Waals surface area contributed by atoms with Gasteiger partial charge in [-0.1, -0.05) is 17.7 Å². The number of carbonyl (C=O) groups is 2. The molecule has 0 aliphatic carbocycles. The van der Waals surface area contributed by atoms with Gasteiger partial charge in [-0.05, 0) is 48.9 Å². The van der Waals surface area contributed by atoms with Gasteiger partial charge in [-0.3, -0.25) is 14.3 Å². The zero-order valence-corrected chi connectivity index (χ0v) is 23.0. The molecule has 3 N–H and O–H groups in total. The molecule has 1 saturated heterocycles. The van der Waals surface area contributed by atoms with Gasteiger partial charge in [0.15, 0.2) is 0 Å². The van der Waals surface area contributed by atoms with E-state index in [4.69, 9.17) is 11.6 Å². The minimum Gasteiger partial charge on any atom is -0.380 e. The summed E-state index contributed by atoms with van der Waals surface area (Å²) in [5.41, 5.74) is -7.31. The summed E-state index contributed by atoms with van der Waals surface area (Å²) >= 11 is 6.06. The number of nitrogens with zero attached hydrogens (tertiary/aromatic N) is 2. The second-order valence-corrected chi connectivity index (χ2v) is 11.6. The van der Waals surface area contributed by atoms with Crippen LogP contribution < -0.4 is 15.4 Å². The summed E-state index contributed by atoms with van der Waals surface area (Å²) < 4.78 is 103. The van der Waals surface area contributed by atoms with E-state index in [1.54, 1.807) is 0 Å². The summed E-state index contributed by atoms with van der Waals surface area (Å²) in [6, 6.07) is 7.97. The Morgan fingerprint density at radius 3 is 2.33 bits per heavy atom. The average molecular weight is 638 g/mol. The molecule has 226 valence electrons. The van der Waals surface area contributed by atoms with E-state index in [0.29, 0.717) is 5.39 Å². The molecule has 9 nitrogen and oxygen atoms in total. The summed E-state index contributed by atoms with van der Waals surface area (Å²) in [4.78, 5) is 30.2. The number of nitrogens with one attached hydrogen (secondary N) is 3. The molecule has 17 heteroatoms. The predicted octanol–water partition coefficient (Wildman–Crippen LogP) is 5.00. The Morgan fingerprint density at radius 1 is 1.00 bits per heavy atom. The molecule has 3 aromatic rings. The van der Waals surface area contributed by atoms with Crippen LogP contribution in [0.25, 0.3) is 10.9 Å². The number of carbonyl (C=O) groups excluding carboxylic acids is 2. The third-order valence-corrected chi connectivity index (χ3v) is 7.68. The Morgan fingerprint density at radius 2 is 1.69 bits per heavy atom. The Bertz CT molecular complexity index is 1630. The van der Waals surface area contributed by atoms with Gasteiger partial charge in [0.1, 0.15) is 5.69 Å². The molecule has 0 radical (unpaired) electrons. The number of hydrogen-bond acceptors (Lipinski definition) is 6. The first kappa shape index (κ1) is 31.2. The van der Waals surface area contributed by atoms with Crippen molar-refractivity contribution in [2.45, 2.75) is 37.1 Å². The fourth-order valence-electron chi connectivity index (χ4n) is 4.45. The van der Waals surface area contributed by atoms with E-state index < -0.39 is 51.1 Å². The van der Waals surface area contributed by atoms with Crippen molar-refractivity contribution < 1.29 is 44.3 Å². The largest absolute Gasteiger partial charge is 0.516 e. The highest BCUT2D eigenvalue weighted by atomic mass is 35.5. The maximum atomic E-state index is 13.6. The van der Waals surface area contributed by atoms with E-state index >= 15 is 0 Å². The average Bonchev–Trinajstić information content (AvgIpc) is 2.87. The number of likely N-dealkylation sites (tertiary alicyclic amines) is 1. The molecule has 1 aromatic heterocycles. The second-order valence-electron chi connectivity index (χ2n) is 9.52. The highest BCUT2D eigenvalue weighted by Gasteiger charge is 2.46. The molecule has 0 saturated carbocycles. The van der Waals surface area contributed by atoms with E-state index in [1.807, 2.05) is 0 Å². The summed E-state index contributed by atoms with van der Waals surface area (Å²) in [5.74, 6) is -1.15. The van der Waals surface area contributed by atoms with E-state index in [2.05, 4.69) is 15.6 Å². The van der Waals surface area contributed by atoms with E-state index in [0.717, 1.165) is 18.2 Å². The number of sulfonamides is 1. The number of hydrogen-bond donors (Lipinski definition) is 3. The minimum absolute atomic E-state index is 0.0295. The predicted molar refractivity (Wildman–Crippen MR) is 142 cm³/mol. The van der Waals surface area contributed by atoms with Crippen LogP contribution in [0.1, 0.15) is 29.4 Å². The Labute approximate surface area is 240 Å². The molecule has 0 spiro atoms. The van der Waals surface area contributed by atoms with Gasteiger partial charge >= 0.3 is 21.7 Å². The van der Waals surface area contributed by atoms with Crippen molar-refractivity contribution in [2.24, 2.45) is 0 Å². The molecular formula is C25H22ClF6N5O4S. The number of benzene rings is 2. The van der Waals surface area contributed by atoms with Crippen molar-refractivity contribution in [3.8, 4) is 0 Å². The third-order valence-electron chi connectivity index (χ3n) is 6.33. The number of pyridine rings is 1. The molecule has 2 aromatic carbocycles. The van der Waals surface area contributed by atoms with E-state index in [9.17, 15) is 44.3 Å². The molecule has 42 heavy (non-hydrogen) atoms. The van der Waals surface area contributed by atoms with Crippen molar-refractivity contribution in [3.05, 3.63) is 64.8 Å². The SMILES string of the molecule is CC(=O)N1C[C@@H](NC(=O)c2cccc(NS(=O)(=O)C(F)(F)F)c2)C[C@@H](Nc2cc(C(F)(F)F)nc3ccc(Cl)cc23)C1. The molecule has 1 aliphatic rings. The van der Waals surface area contributed by atoms with Crippen molar-refractivity contribution in [3.63, 3.8) is 0 Å². The standard InChI is InChI=1S/C25H22ClF6N5O4S/c1-13(38)37-11-17(33-21-10-22(24(27,28)29)35-20-6-5-15(26)8-19(20)21)9-18(12-37)34-23(39)14-3-2-4-16(7-14)36-42(40,41)25(30,31)32/h2-8,10,17-18,36H,9,11-12H2,1H3,(H,33,35)(H,34,39)/t17-,18+/m1/s1. The van der Waals surface area contributed by atoms with Gasteiger partial charge in [-0.25, -0.2) is 4.98 Å². The van der Waals surface area contributed by atoms with Crippen molar-refractivity contribution in [1.82, 2.24) is 15.2 Å². The van der Waals surface area contributed by atoms with Gasteiger partial charge in [-0.15, -0.1) is 0 Å². The van der Waals surface area contributed by atoms with Crippen LogP contribution in [0.5, 0.6) is 0 Å². The molecule has 1 aliphatic heterocycles. The molecule has 1 fully saturated rings. The highest BCUT2D eigenvalue weighted by molar-refractivity contribution is 7.93. The molecular weight excluding hydrogens is 616 g/mol. The first-order valence-corrected chi connectivity index (χ1v) is 14.0. The number of fused-ring (bicyclic) bond motifs is 1. The summed E-state index contributed by atoms with van der Waals surface area (Å²) in [6.07, 6.45) is -4.61. The molecule has 2 amide bonds. The Hall–Kier alpha value is -3.79. The topological polar surface area (TPSA) is 121 Å². The van der Waals surface area contributed by atoms with Gasteiger partial charge in [0.25, 0.3) is 5.91 Å². The first-order chi connectivity index (χ1) is 19.4. The lowest BCUT2D eigenvalue weighted by Crippen LogP contribution is -2.55. The van der Waals surface area contributed by atoms with Gasteiger partial charge in [0.2, 0.25) is 5.91 Å². The molecule has 0 unspecified atom stereocenters. The number of alkyl halides is 6. The second kappa shape index (κ2) is 11.5. The van der Waals surface area contributed by atoms with Gasteiger partial charge in [0, 0.05) is 59.4 Å². The van der Waals surface area contributed by atoms with Crippen LogP contribution in [-0.4, -0.2) is 60.8 Å². The zero-order chi connectivity index (χ0) is 31.0. The van der Waals surface area contributed by atoms with Crippen LogP contribution in [0.2, 0.25) is 5.02 Å². The van der Waals surface area contributed by atoms with Crippen molar-refractivity contribution in [1.29, 1.82) is 0 Å². The monoisotopic (exact) mass is 637 g/mol. The van der Waals surface area contributed by atoms with E-state index in [-0.39, 0.29) is 47.2 Å². The smallest absolute Gasteiger partial charge is 0.380 e.